The van der Waals surface area contributed by atoms with E-state index in [0.29, 0.717) is 29.4 Å². The summed E-state index contributed by atoms with van der Waals surface area (Å²) >= 11 is 5.87. The summed E-state index contributed by atoms with van der Waals surface area (Å²) in [5.41, 5.74) is 0.704. The number of amides is 1. The number of benzene rings is 2. The molecule has 0 fully saturated rings. The van der Waals surface area contributed by atoms with Crippen molar-refractivity contribution in [2.75, 3.05) is 17.8 Å². The first-order valence-corrected chi connectivity index (χ1v) is 9.41. The lowest BCUT2D eigenvalue weighted by atomic mass is 10.2. The second-order valence-corrected chi connectivity index (χ2v) is 7.24. The van der Waals surface area contributed by atoms with Gasteiger partial charge in [0.15, 0.2) is 0 Å². The molecule has 0 aromatic heterocycles. The monoisotopic (exact) mass is 366 g/mol. The highest BCUT2D eigenvalue weighted by molar-refractivity contribution is 7.92. The third-order valence-electron chi connectivity index (χ3n) is 3.52. The maximum Gasteiger partial charge on any atom is 0.261 e. The van der Waals surface area contributed by atoms with E-state index >= 15 is 0 Å². The van der Waals surface area contributed by atoms with Crippen molar-refractivity contribution in [3.63, 3.8) is 0 Å². The fourth-order valence-corrected chi connectivity index (χ4v) is 3.54. The SMILES string of the molecule is CCN(CC)C(=O)c1cccc(S(=O)(=O)Nc2cccc(Cl)c2)c1. The zero-order valence-corrected chi connectivity index (χ0v) is 15.1. The Balaban J connectivity index is 2.31. The van der Waals surface area contributed by atoms with Crippen molar-refractivity contribution in [3.8, 4) is 0 Å². The molecule has 0 heterocycles. The first-order valence-electron chi connectivity index (χ1n) is 7.55. The summed E-state index contributed by atoms with van der Waals surface area (Å²) in [7, 11) is -3.80. The number of hydrogen-bond donors (Lipinski definition) is 1. The maximum atomic E-state index is 12.5. The van der Waals surface area contributed by atoms with Gasteiger partial charge in [-0.1, -0.05) is 23.7 Å². The number of rotatable bonds is 6. The lowest BCUT2D eigenvalue weighted by Gasteiger charge is -2.19. The highest BCUT2D eigenvalue weighted by atomic mass is 35.5. The van der Waals surface area contributed by atoms with E-state index in [1.807, 2.05) is 13.8 Å². The van der Waals surface area contributed by atoms with E-state index in [9.17, 15) is 13.2 Å². The standard InChI is InChI=1S/C17H19ClN2O3S/c1-3-20(4-2)17(21)13-7-5-10-16(11-13)24(22,23)19-15-9-6-8-14(18)12-15/h5-12,19H,3-4H2,1-2H3. The summed E-state index contributed by atoms with van der Waals surface area (Å²) in [6.45, 7) is 4.88. The molecule has 0 spiro atoms. The zero-order valence-electron chi connectivity index (χ0n) is 13.5. The molecule has 0 unspecified atom stereocenters. The van der Waals surface area contributed by atoms with Gasteiger partial charge in [-0.15, -0.1) is 0 Å². The average molecular weight is 367 g/mol. The summed E-state index contributed by atoms with van der Waals surface area (Å²) in [5, 5.41) is 0.431. The topological polar surface area (TPSA) is 66.5 Å². The molecule has 0 aliphatic rings. The number of nitrogens with zero attached hydrogens (tertiary/aromatic N) is 1. The third kappa shape index (κ3) is 4.27. The molecule has 128 valence electrons. The van der Waals surface area contributed by atoms with Crippen LogP contribution in [0.2, 0.25) is 5.02 Å². The lowest BCUT2D eigenvalue weighted by Crippen LogP contribution is -2.30. The Labute approximate surface area is 147 Å². The van der Waals surface area contributed by atoms with Crippen molar-refractivity contribution in [2.24, 2.45) is 0 Å². The molecule has 7 heteroatoms. The van der Waals surface area contributed by atoms with Crippen LogP contribution in [-0.4, -0.2) is 32.3 Å². The van der Waals surface area contributed by atoms with Crippen LogP contribution >= 0.6 is 11.6 Å². The van der Waals surface area contributed by atoms with Gasteiger partial charge in [-0.3, -0.25) is 9.52 Å². The Morgan fingerprint density at radius 3 is 2.38 bits per heavy atom. The van der Waals surface area contributed by atoms with Crippen LogP contribution in [0.15, 0.2) is 53.4 Å². The van der Waals surface area contributed by atoms with E-state index in [4.69, 9.17) is 11.6 Å². The second-order valence-electron chi connectivity index (χ2n) is 5.12. The molecule has 2 rings (SSSR count). The van der Waals surface area contributed by atoms with Crippen LogP contribution in [0.3, 0.4) is 0 Å². The molecule has 0 saturated heterocycles. The van der Waals surface area contributed by atoms with Gasteiger partial charge >= 0.3 is 0 Å². The van der Waals surface area contributed by atoms with Gasteiger partial charge in [-0.05, 0) is 50.2 Å². The normalized spacial score (nSPS) is 11.1. The molecule has 0 atom stereocenters. The van der Waals surface area contributed by atoms with Crippen LogP contribution < -0.4 is 4.72 Å². The summed E-state index contributed by atoms with van der Waals surface area (Å²) < 4.78 is 27.5. The molecule has 2 aromatic rings. The van der Waals surface area contributed by atoms with Crippen LogP contribution in [0.4, 0.5) is 5.69 Å². The fourth-order valence-electron chi connectivity index (χ4n) is 2.26. The first kappa shape index (κ1) is 18.3. The molecule has 24 heavy (non-hydrogen) atoms. The van der Waals surface area contributed by atoms with Gasteiger partial charge in [0.1, 0.15) is 0 Å². The number of hydrogen-bond acceptors (Lipinski definition) is 3. The van der Waals surface area contributed by atoms with Crippen LogP contribution in [0.5, 0.6) is 0 Å². The molecule has 0 saturated carbocycles. The van der Waals surface area contributed by atoms with Crippen molar-refractivity contribution in [2.45, 2.75) is 18.7 Å². The minimum absolute atomic E-state index is 0.0282. The van der Waals surface area contributed by atoms with Gasteiger partial charge in [0.25, 0.3) is 15.9 Å². The Morgan fingerprint density at radius 1 is 1.08 bits per heavy atom. The van der Waals surface area contributed by atoms with Crippen molar-refractivity contribution < 1.29 is 13.2 Å². The summed E-state index contributed by atoms with van der Waals surface area (Å²) in [6, 6.07) is 12.4. The molecule has 5 nitrogen and oxygen atoms in total. The van der Waals surface area contributed by atoms with Gasteiger partial charge in [0, 0.05) is 23.7 Å². The predicted octanol–water partition coefficient (Wildman–Crippen LogP) is 3.62. The number of anilines is 1. The van der Waals surface area contributed by atoms with Crippen molar-refractivity contribution in [3.05, 3.63) is 59.1 Å². The summed E-state index contributed by atoms with van der Waals surface area (Å²) in [5.74, 6) is -0.195. The predicted molar refractivity (Wildman–Crippen MR) is 96.0 cm³/mol. The minimum atomic E-state index is -3.80. The largest absolute Gasteiger partial charge is 0.339 e. The molecule has 0 radical (unpaired) electrons. The zero-order chi connectivity index (χ0) is 17.7. The summed E-state index contributed by atoms with van der Waals surface area (Å²) in [6.07, 6.45) is 0. The van der Waals surface area contributed by atoms with E-state index < -0.39 is 10.0 Å². The van der Waals surface area contributed by atoms with Crippen molar-refractivity contribution >= 4 is 33.2 Å². The molecule has 0 aliphatic heterocycles. The number of nitrogens with one attached hydrogen (secondary N) is 1. The summed E-state index contributed by atoms with van der Waals surface area (Å²) in [4.78, 5) is 14.0. The molecular formula is C17H19ClN2O3S. The molecule has 0 bridgehead atoms. The second kappa shape index (κ2) is 7.68. The van der Waals surface area contributed by atoms with Crippen LogP contribution in [-0.2, 0) is 10.0 Å². The smallest absolute Gasteiger partial charge is 0.261 e. The Kier molecular flexibility index (Phi) is 5.85. The van der Waals surface area contributed by atoms with Crippen LogP contribution in [0.1, 0.15) is 24.2 Å². The van der Waals surface area contributed by atoms with Crippen LogP contribution in [0.25, 0.3) is 0 Å². The van der Waals surface area contributed by atoms with Gasteiger partial charge < -0.3 is 4.90 Å². The number of sulfonamides is 1. The number of halogens is 1. The quantitative estimate of drug-likeness (QED) is 0.849. The average Bonchev–Trinajstić information content (AvgIpc) is 2.55. The van der Waals surface area contributed by atoms with Crippen molar-refractivity contribution in [1.82, 2.24) is 4.90 Å². The lowest BCUT2D eigenvalue weighted by molar-refractivity contribution is 0.0772. The highest BCUT2D eigenvalue weighted by Gasteiger charge is 2.18. The van der Waals surface area contributed by atoms with Gasteiger partial charge in [0.05, 0.1) is 10.6 Å². The molecule has 2 aromatic carbocycles. The van der Waals surface area contributed by atoms with E-state index in [-0.39, 0.29) is 10.8 Å². The van der Waals surface area contributed by atoms with Gasteiger partial charge in [-0.2, -0.15) is 0 Å². The first-order chi connectivity index (χ1) is 11.4. The van der Waals surface area contributed by atoms with E-state index in [0.717, 1.165) is 0 Å². The van der Waals surface area contributed by atoms with E-state index in [1.165, 1.54) is 18.2 Å². The molecular weight excluding hydrogens is 348 g/mol. The molecule has 0 aliphatic carbocycles. The Morgan fingerprint density at radius 2 is 1.75 bits per heavy atom. The van der Waals surface area contributed by atoms with E-state index in [1.54, 1.807) is 35.2 Å². The number of carbonyl (C=O) groups excluding carboxylic acids is 1. The van der Waals surface area contributed by atoms with Gasteiger partial charge in [-0.25, -0.2) is 8.42 Å². The van der Waals surface area contributed by atoms with Crippen molar-refractivity contribution in [1.29, 1.82) is 0 Å². The molecule has 1 N–H and O–H groups in total. The highest BCUT2D eigenvalue weighted by Crippen LogP contribution is 2.20. The Hall–Kier alpha value is -2.05. The minimum Gasteiger partial charge on any atom is -0.339 e. The maximum absolute atomic E-state index is 12.5. The fraction of sp³-hybridized carbons (Fsp3) is 0.235. The number of carbonyl (C=O) groups is 1. The molecule has 1 amide bonds. The van der Waals surface area contributed by atoms with Crippen LogP contribution in [0, 0.1) is 0 Å². The Bertz CT molecular complexity index is 833. The van der Waals surface area contributed by atoms with E-state index in [2.05, 4.69) is 4.72 Å². The third-order valence-corrected chi connectivity index (χ3v) is 5.13. The van der Waals surface area contributed by atoms with Gasteiger partial charge in [0.2, 0.25) is 0 Å².